The van der Waals surface area contributed by atoms with Gasteiger partial charge in [0.15, 0.2) is 0 Å². The Morgan fingerprint density at radius 1 is 1.42 bits per heavy atom. The van der Waals surface area contributed by atoms with Gasteiger partial charge in [0, 0.05) is 18.5 Å². The van der Waals surface area contributed by atoms with E-state index in [-0.39, 0.29) is 0 Å². The minimum atomic E-state index is 0.398. The van der Waals surface area contributed by atoms with Gasteiger partial charge in [-0.15, -0.1) is 5.10 Å². The first-order valence-corrected chi connectivity index (χ1v) is 7.31. The van der Waals surface area contributed by atoms with Crippen molar-refractivity contribution < 1.29 is 4.74 Å². The van der Waals surface area contributed by atoms with Crippen LogP contribution in [0.5, 0.6) is 5.88 Å². The number of hydrogen-bond donors (Lipinski definition) is 0. The lowest BCUT2D eigenvalue weighted by molar-refractivity contribution is 0.111. The van der Waals surface area contributed by atoms with Crippen LogP contribution in [0.3, 0.4) is 0 Å². The fourth-order valence-electron chi connectivity index (χ4n) is 2.80. The third kappa shape index (κ3) is 3.57. The number of ether oxygens (including phenoxy) is 1. The van der Waals surface area contributed by atoms with Gasteiger partial charge in [0.1, 0.15) is 5.02 Å². The molecule has 1 unspecified atom stereocenters. The van der Waals surface area contributed by atoms with E-state index < -0.39 is 0 Å². The smallest absolute Gasteiger partial charge is 0.252 e. The molecule has 2 rings (SSSR count). The summed E-state index contributed by atoms with van der Waals surface area (Å²) in [6, 6.07) is 3.00. The van der Waals surface area contributed by atoms with Crippen LogP contribution < -0.4 is 4.74 Å². The lowest BCUT2D eigenvalue weighted by atomic mass is 9.96. The van der Waals surface area contributed by atoms with Gasteiger partial charge in [-0.3, -0.25) is 4.90 Å². The van der Waals surface area contributed by atoms with Crippen molar-refractivity contribution in [1.82, 2.24) is 15.1 Å². The molecular formula is C14H22ClN3O. The van der Waals surface area contributed by atoms with E-state index in [1.807, 2.05) is 6.07 Å². The minimum absolute atomic E-state index is 0.398. The normalized spacial score (nSPS) is 20.8. The van der Waals surface area contributed by atoms with E-state index in [0.29, 0.717) is 23.0 Å². The fourth-order valence-corrected chi connectivity index (χ4v) is 3.04. The van der Waals surface area contributed by atoms with Crippen LogP contribution in [0, 0.1) is 0 Å². The summed E-state index contributed by atoms with van der Waals surface area (Å²) in [5.41, 5.74) is 0.948. The van der Waals surface area contributed by atoms with E-state index in [1.54, 1.807) is 7.11 Å². The summed E-state index contributed by atoms with van der Waals surface area (Å²) in [5, 5.41) is 8.76. The molecule has 1 aromatic rings. The van der Waals surface area contributed by atoms with E-state index in [2.05, 4.69) is 28.9 Å². The third-order valence-electron chi connectivity index (χ3n) is 3.74. The van der Waals surface area contributed by atoms with Crippen LogP contribution in [-0.2, 0) is 6.42 Å². The van der Waals surface area contributed by atoms with E-state index >= 15 is 0 Å². The Morgan fingerprint density at radius 3 is 2.84 bits per heavy atom. The van der Waals surface area contributed by atoms with E-state index in [4.69, 9.17) is 16.3 Å². The standard InChI is InChI=1S/C14H22ClN3O/c1-10(2)18-7-5-4-6-12(18)8-11-9-13(15)14(19-3)17-16-11/h9-10,12H,4-8H2,1-3H3. The summed E-state index contributed by atoms with van der Waals surface area (Å²) in [5.74, 6) is 0.398. The molecule has 0 aliphatic carbocycles. The number of rotatable bonds is 4. The Labute approximate surface area is 120 Å². The average molecular weight is 284 g/mol. The van der Waals surface area contributed by atoms with Crippen molar-refractivity contribution in [2.75, 3.05) is 13.7 Å². The zero-order valence-corrected chi connectivity index (χ0v) is 12.7. The SMILES string of the molecule is COc1nnc(CC2CCCCN2C(C)C)cc1Cl. The monoisotopic (exact) mass is 283 g/mol. The van der Waals surface area contributed by atoms with Gasteiger partial charge in [-0.2, -0.15) is 5.10 Å². The van der Waals surface area contributed by atoms with Crippen molar-refractivity contribution in [2.24, 2.45) is 0 Å². The Bertz CT molecular complexity index is 425. The first-order valence-electron chi connectivity index (χ1n) is 6.93. The number of halogens is 1. The predicted octanol–water partition coefficient (Wildman–Crippen LogP) is 2.94. The molecule has 1 fully saturated rings. The van der Waals surface area contributed by atoms with Crippen molar-refractivity contribution >= 4 is 11.6 Å². The third-order valence-corrected chi connectivity index (χ3v) is 4.01. The molecule has 0 bridgehead atoms. The molecule has 4 nitrogen and oxygen atoms in total. The lowest BCUT2D eigenvalue weighted by Gasteiger charge is -2.38. The summed E-state index contributed by atoms with van der Waals surface area (Å²) >= 11 is 6.11. The van der Waals surface area contributed by atoms with Crippen LogP contribution in [-0.4, -0.2) is 40.8 Å². The second-order valence-corrected chi connectivity index (χ2v) is 5.79. The number of aromatic nitrogens is 2. The maximum atomic E-state index is 6.11. The Balaban J connectivity index is 2.08. The Hall–Kier alpha value is -0.870. The molecule has 1 aliphatic rings. The molecule has 2 heterocycles. The number of hydrogen-bond acceptors (Lipinski definition) is 4. The van der Waals surface area contributed by atoms with Gasteiger partial charge in [0.2, 0.25) is 0 Å². The van der Waals surface area contributed by atoms with Crippen LogP contribution >= 0.6 is 11.6 Å². The van der Waals surface area contributed by atoms with Crippen LogP contribution in [0.25, 0.3) is 0 Å². The highest BCUT2D eigenvalue weighted by Crippen LogP contribution is 2.25. The van der Waals surface area contributed by atoms with Crippen molar-refractivity contribution in [3.05, 3.63) is 16.8 Å². The quantitative estimate of drug-likeness (QED) is 0.852. The van der Waals surface area contributed by atoms with Gasteiger partial charge < -0.3 is 4.74 Å². The number of methoxy groups -OCH3 is 1. The first-order chi connectivity index (χ1) is 9.11. The molecule has 0 amide bonds. The van der Waals surface area contributed by atoms with Gasteiger partial charge in [-0.1, -0.05) is 18.0 Å². The van der Waals surface area contributed by atoms with Crippen molar-refractivity contribution in [1.29, 1.82) is 0 Å². The highest BCUT2D eigenvalue weighted by Gasteiger charge is 2.25. The summed E-state index contributed by atoms with van der Waals surface area (Å²) in [4.78, 5) is 2.56. The topological polar surface area (TPSA) is 38.3 Å². The molecule has 0 radical (unpaired) electrons. The molecule has 0 spiro atoms. The molecule has 5 heteroatoms. The highest BCUT2D eigenvalue weighted by molar-refractivity contribution is 6.31. The maximum absolute atomic E-state index is 6.11. The number of piperidine rings is 1. The molecule has 1 aromatic heterocycles. The van der Waals surface area contributed by atoms with Crippen molar-refractivity contribution in [3.8, 4) is 5.88 Å². The second kappa shape index (κ2) is 6.53. The largest absolute Gasteiger partial charge is 0.479 e. The number of nitrogens with zero attached hydrogens (tertiary/aromatic N) is 3. The molecule has 1 atom stereocenters. The predicted molar refractivity (Wildman–Crippen MR) is 76.8 cm³/mol. The van der Waals surface area contributed by atoms with E-state index in [1.165, 1.54) is 25.8 Å². The van der Waals surface area contributed by atoms with E-state index in [0.717, 1.165) is 12.1 Å². The summed E-state index contributed by atoms with van der Waals surface area (Å²) in [6.45, 7) is 5.69. The molecule has 106 valence electrons. The summed E-state index contributed by atoms with van der Waals surface area (Å²) in [6.07, 6.45) is 4.73. The molecule has 1 aliphatic heterocycles. The maximum Gasteiger partial charge on any atom is 0.252 e. The van der Waals surface area contributed by atoms with Gasteiger partial charge in [-0.25, -0.2) is 0 Å². The molecule has 0 N–H and O–H groups in total. The number of likely N-dealkylation sites (tertiary alicyclic amines) is 1. The summed E-state index contributed by atoms with van der Waals surface area (Å²) < 4.78 is 5.03. The lowest BCUT2D eigenvalue weighted by Crippen LogP contribution is -2.45. The fraction of sp³-hybridized carbons (Fsp3) is 0.714. The highest BCUT2D eigenvalue weighted by atomic mass is 35.5. The molecule has 19 heavy (non-hydrogen) atoms. The minimum Gasteiger partial charge on any atom is -0.479 e. The van der Waals surface area contributed by atoms with Crippen LogP contribution in [0.15, 0.2) is 6.07 Å². The average Bonchev–Trinajstić information content (AvgIpc) is 2.39. The Kier molecular flexibility index (Phi) is 4.99. The first kappa shape index (κ1) is 14.5. The summed E-state index contributed by atoms with van der Waals surface area (Å²) in [7, 11) is 1.55. The van der Waals surface area contributed by atoms with Gasteiger partial charge >= 0.3 is 0 Å². The van der Waals surface area contributed by atoms with Gasteiger partial charge in [0.25, 0.3) is 5.88 Å². The van der Waals surface area contributed by atoms with Crippen LogP contribution in [0.4, 0.5) is 0 Å². The van der Waals surface area contributed by atoms with Crippen LogP contribution in [0.1, 0.15) is 38.8 Å². The van der Waals surface area contributed by atoms with Crippen molar-refractivity contribution in [3.63, 3.8) is 0 Å². The zero-order valence-electron chi connectivity index (χ0n) is 11.9. The van der Waals surface area contributed by atoms with Gasteiger partial charge in [-0.05, 0) is 39.3 Å². The van der Waals surface area contributed by atoms with E-state index in [9.17, 15) is 0 Å². The second-order valence-electron chi connectivity index (χ2n) is 5.38. The van der Waals surface area contributed by atoms with Crippen LogP contribution in [0.2, 0.25) is 5.02 Å². The zero-order chi connectivity index (χ0) is 13.8. The molecule has 1 saturated heterocycles. The van der Waals surface area contributed by atoms with Gasteiger partial charge in [0.05, 0.1) is 12.8 Å². The molecular weight excluding hydrogens is 262 g/mol. The molecule has 0 aromatic carbocycles. The Morgan fingerprint density at radius 2 is 2.21 bits per heavy atom. The molecule has 0 saturated carbocycles. The van der Waals surface area contributed by atoms with Crippen molar-refractivity contribution in [2.45, 2.75) is 51.6 Å².